The fourth-order valence-corrected chi connectivity index (χ4v) is 9.19. The monoisotopic (exact) mass is 632 g/mol. The minimum atomic E-state index is 1.15. The molecule has 0 bridgehead atoms. The molecular weight excluding hydrogens is 605 g/mol. The molecule has 230 valence electrons. The largest absolute Gasteiger partial charge is 0.307 e. The molecule has 0 spiro atoms. The topological polar surface area (TPSA) is 9.86 Å². The van der Waals surface area contributed by atoms with Gasteiger partial charge in [0.15, 0.2) is 0 Å². The Kier molecular flexibility index (Phi) is 5.00. The van der Waals surface area contributed by atoms with Crippen LogP contribution in [0.2, 0.25) is 0 Å². The van der Waals surface area contributed by atoms with Crippen molar-refractivity contribution in [2.24, 2.45) is 0 Å². The van der Waals surface area contributed by atoms with Gasteiger partial charge in [0, 0.05) is 32.9 Å². The number of hydrogen-bond acceptors (Lipinski definition) is 0. The van der Waals surface area contributed by atoms with Crippen LogP contribution in [0.15, 0.2) is 170 Å². The third kappa shape index (κ3) is 3.28. The second-order valence-electron chi connectivity index (χ2n) is 13.7. The summed E-state index contributed by atoms with van der Waals surface area (Å²) in [7, 11) is 0. The van der Waals surface area contributed by atoms with Crippen LogP contribution in [0.4, 0.5) is 0 Å². The molecular formula is C48H28N2. The van der Waals surface area contributed by atoms with E-state index < -0.39 is 0 Å². The first-order chi connectivity index (χ1) is 24.8. The van der Waals surface area contributed by atoms with E-state index in [4.69, 9.17) is 0 Å². The Labute approximate surface area is 287 Å². The Morgan fingerprint density at radius 1 is 0.260 bits per heavy atom. The minimum absolute atomic E-state index is 1.15. The second-order valence-corrected chi connectivity index (χ2v) is 13.7. The Morgan fingerprint density at radius 3 is 0.980 bits per heavy atom. The van der Waals surface area contributed by atoms with Crippen molar-refractivity contribution in [1.82, 2.24) is 9.13 Å². The van der Waals surface area contributed by atoms with Crippen LogP contribution in [-0.2, 0) is 0 Å². The highest BCUT2D eigenvalue weighted by Crippen LogP contribution is 2.48. The molecule has 10 aromatic carbocycles. The summed E-state index contributed by atoms with van der Waals surface area (Å²) in [5.41, 5.74) is 7.13. The zero-order chi connectivity index (χ0) is 32.5. The van der Waals surface area contributed by atoms with Crippen LogP contribution in [0.5, 0.6) is 0 Å². The Hall–Kier alpha value is -6.64. The number of aromatic nitrogens is 2. The van der Waals surface area contributed by atoms with Gasteiger partial charge >= 0.3 is 0 Å². The Morgan fingerprint density at radius 2 is 0.600 bits per heavy atom. The zero-order valence-corrected chi connectivity index (χ0v) is 27.1. The van der Waals surface area contributed by atoms with E-state index in [0.717, 1.165) is 11.4 Å². The fourth-order valence-electron chi connectivity index (χ4n) is 9.19. The minimum Gasteiger partial charge on any atom is -0.307 e. The van der Waals surface area contributed by atoms with Crippen molar-refractivity contribution in [3.05, 3.63) is 170 Å². The first kappa shape index (κ1) is 26.3. The van der Waals surface area contributed by atoms with E-state index in [9.17, 15) is 0 Å². The highest BCUT2D eigenvalue weighted by molar-refractivity contribution is 6.35. The molecule has 12 rings (SSSR count). The van der Waals surface area contributed by atoms with Crippen LogP contribution in [0.1, 0.15) is 0 Å². The van der Waals surface area contributed by atoms with Gasteiger partial charge in [-0.25, -0.2) is 0 Å². The van der Waals surface area contributed by atoms with Crippen molar-refractivity contribution >= 4 is 86.4 Å². The first-order valence-electron chi connectivity index (χ1n) is 17.4. The predicted octanol–water partition coefficient (Wildman–Crippen LogP) is 13.0. The fraction of sp³-hybridized carbons (Fsp3) is 0. The predicted molar refractivity (Wildman–Crippen MR) is 213 cm³/mol. The molecule has 0 atom stereocenters. The molecule has 0 saturated heterocycles. The SMILES string of the molecule is c1ccc(-n2c(-c3cc4c5cccc6ccc7cccc(c7c65)c4n3-c3ccccc3)cc3c4cccc5ccc6cccc(c6c54)c32)cc1. The molecule has 2 nitrogen and oxygen atoms in total. The van der Waals surface area contributed by atoms with E-state index in [1.165, 1.54) is 97.8 Å². The molecule has 50 heavy (non-hydrogen) atoms. The lowest BCUT2D eigenvalue weighted by atomic mass is 9.92. The molecule has 0 saturated carbocycles. The van der Waals surface area contributed by atoms with Crippen LogP contribution < -0.4 is 0 Å². The lowest BCUT2D eigenvalue weighted by Gasteiger charge is -2.18. The van der Waals surface area contributed by atoms with Gasteiger partial charge in [0.2, 0.25) is 0 Å². The molecule has 2 heteroatoms. The molecule has 0 unspecified atom stereocenters. The van der Waals surface area contributed by atoms with Crippen molar-refractivity contribution in [2.75, 3.05) is 0 Å². The van der Waals surface area contributed by atoms with E-state index in [1.807, 2.05) is 0 Å². The molecule has 0 fully saturated rings. The van der Waals surface area contributed by atoms with E-state index in [0.29, 0.717) is 0 Å². The van der Waals surface area contributed by atoms with Crippen LogP contribution in [-0.4, -0.2) is 9.13 Å². The zero-order valence-electron chi connectivity index (χ0n) is 27.1. The number of rotatable bonds is 3. The number of para-hydroxylation sites is 2. The Balaban J connectivity index is 1.35. The van der Waals surface area contributed by atoms with Gasteiger partial charge in [0.1, 0.15) is 0 Å². The van der Waals surface area contributed by atoms with Gasteiger partial charge in [0.05, 0.1) is 22.4 Å². The summed E-state index contributed by atoms with van der Waals surface area (Å²) in [6, 6.07) is 63.0. The van der Waals surface area contributed by atoms with Gasteiger partial charge in [-0.3, -0.25) is 0 Å². The van der Waals surface area contributed by atoms with E-state index in [-0.39, 0.29) is 0 Å². The average Bonchev–Trinajstić information content (AvgIpc) is 3.78. The molecule has 2 heterocycles. The maximum absolute atomic E-state index is 2.52. The highest BCUT2D eigenvalue weighted by Gasteiger charge is 2.25. The van der Waals surface area contributed by atoms with Crippen LogP contribution in [0.3, 0.4) is 0 Å². The van der Waals surface area contributed by atoms with Crippen molar-refractivity contribution in [3.63, 3.8) is 0 Å². The standard InChI is InChI=1S/C48H28N2/c1-3-15-33(16-4-1)49-41(27-39-35-19-7-11-29-23-25-31-13-9-21-37(47(39)49)45(31)43(29)35)42-28-40-36-20-8-12-30-24-26-32-14-10-22-38(46(32)44(30)36)48(40)50(42)34-17-5-2-6-18-34/h1-28H. The van der Waals surface area contributed by atoms with Crippen LogP contribution in [0, 0.1) is 0 Å². The number of nitrogens with zero attached hydrogens (tertiary/aromatic N) is 2. The third-order valence-electron chi connectivity index (χ3n) is 11.2. The third-order valence-corrected chi connectivity index (χ3v) is 11.2. The van der Waals surface area contributed by atoms with Crippen molar-refractivity contribution in [3.8, 4) is 22.8 Å². The quantitative estimate of drug-likeness (QED) is 0.172. The first-order valence-corrected chi connectivity index (χ1v) is 17.4. The smallest absolute Gasteiger partial charge is 0.0710 e. The van der Waals surface area contributed by atoms with Crippen molar-refractivity contribution in [2.45, 2.75) is 0 Å². The summed E-state index contributed by atoms with van der Waals surface area (Å²) in [5, 5.41) is 18.2. The number of hydrogen-bond donors (Lipinski definition) is 0. The van der Waals surface area contributed by atoms with Gasteiger partial charge in [-0.2, -0.15) is 0 Å². The van der Waals surface area contributed by atoms with E-state index in [2.05, 4.69) is 179 Å². The second kappa shape index (κ2) is 9.49. The normalized spacial score (nSPS) is 12.4. The number of fused-ring (bicyclic) bond motifs is 6. The average molecular weight is 633 g/mol. The van der Waals surface area contributed by atoms with Crippen molar-refractivity contribution < 1.29 is 0 Å². The highest BCUT2D eigenvalue weighted by atomic mass is 15.1. The molecule has 0 aliphatic heterocycles. The van der Waals surface area contributed by atoms with Gasteiger partial charge in [-0.15, -0.1) is 0 Å². The lowest BCUT2D eigenvalue weighted by molar-refractivity contribution is 1.08. The molecule has 0 aliphatic carbocycles. The van der Waals surface area contributed by atoms with Gasteiger partial charge in [-0.1, -0.05) is 133 Å². The van der Waals surface area contributed by atoms with E-state index >= 15 is 0 Å². The van der Waals surface area contributed by atoms with Crippen LogP contribution in [0.25, 0.3) is 109 Å². The maximum atomic E-state index is 2.52. The molecule has 12 aromatic rings. The maximum Gasteiger partial charge on any atom is 0.0710 e. The summed E-state index contributed by atoms with van der Waals surface area (Å²) in [6.07, 6.45) is 0. The van der Waals surface area contributed by atoms with Gasteiger partial charge < -0.3 is 9.13 Å². The van der Waals surface area contributed by atoms with E-state index in [1.54, 1.807) is 0 Å². The van der Waals surface area contributed by atoms with Gasteiger partial charge in [-0.05, 0) is 90.3 Å². The summed E-state index contributed by atoms with van der Waals surface area (Å²) >= 11 is 0. The van der Waals surface area contributed by atoms with Crippen molar-refractivity contribution in [1.29, 1.82) is 0 Å². The molecule has 0 N–H and O–H groups in total. The van der Waals surface area contributed by atoms with Crippen LogP contribution >= 0.6 is 0 Å². The summed E-state index contributed by atoms with van der Waals surface area (Å²) in [6.45, 7) is 0. The Bertz CT molecular complexity index is 3070. The summed E-state index contributed by atoms with van der Waals surface area (Å²) < 4.78 is 5.04. The molecule has 0 amide bonds. The summed E-state index contributed by atoms with van der Waals surface area (Å²) in [4.78, 5) is 0. The molecule has 0 radical (unpaired) electrons. The molecule has 2 aromatic heterocycles. The lowest BCUT2D eigenvalue weighted by Crippen LogP contribution is -2.02. The van der Waals surface area contributed by atoms with Gasteiger partial charge in [0.25, 0.3) is 0 Å². The molecule has 0 aliphatic rings. The summed E-state index contributed by atoms with van der Waals surface area (Å²) in [5.74, 6) is 0. The number of benzene rings is 10.